The topological polar surface area (TPSA) is 98.8 Å². The van der Waals surface area contributed by atoms with Crippen LogP contribution in [0.2, 0.25) is 0 Å². The van der Waals surface area contributed by atoms with Crippen LogP contribution in [0.5, 0.6) is 0 Å². The van der Waals surface area contributed by atoms with E-state index < -0.39 is 12.2 Å². The van der Waals surface area contributed by atoms with E-state index in [0.717, 1.165) is 0 Å². The van der Waals surface area contributed by atoms with E-state index in [1.807, 2.05) is 0 Å². The lowest BCUT2D eigenvalue weighted by Crippen LogP contribution is -2.53. The second-order valence-corrected chi connectivity index (χ2v) is 5.03. The number of nitrogens with two attached hydrogens (primary N) is 1. The van der Waals surface area contributed by atoms with Crippen molar-refractivity contribution in [2.75, 3.05) is 26.2 Å². The number of carbonyl (C=O) groups is 1. The Balaban J connectivity index is 1.86. The molecule has 2 rings (SSSR count). The molecule has 17 heavy (non-hydrogen) atoms. The number of carbonyl (C=O) groups excluding carboxylic acids is 1. The van der Waals surface area contributed by atoms with Gasteiger partial charge in [-0.1, -0.05) is 0 Å². The second kappa shape index (κ2) is 5.30. The van der Waals surface area contributed by atoms with Gasteiger partial charge < -0.3 is 26.2 Å². The largest absolute Gasteiger partial charge is 0.393 e. The summed E-state index contributed by atoms with van der Waals surface area (Å²) in [6.07, 6.45) is -0.0811. The molecule has 0 bridgehead atoms. The number of hydrogen-bond donors (Lipinski definition) is 4. The highest BCUT2D eigenvalue weighted by atomic mass is 16.3. The lowest BCUT2D eigenvalue weighted by molar-refractivity contribution is -0.136. The molecular weight excluding hydrogens is 222 g/mol. The number of aliphatic hydroxyl groups is 2. The Labute approximate surface area is 101 Å². The molecular formula is C11H21N3O3. The molecule has 4 atom stereocenters. The highest BCUT2D eigenvalue weighted by Crippen LogP contribution is 2.29. The van der Waals surface area contributed by atoms with Crippen LogP contribution in [-0.4, -0.2) is 65.4 Å². The zero-order valence-corrected chi connectivity index (χ0v) is 9.88. The first kappa shape index (κ1) is 12.8. The minimum Gasteiger partial charge on any atom is -0.393 e. The molecule has 1 aliphatic carbocycles. The van der Waals surface area contributed by atoms with Gasteiger partial charge in [-0.25, -0.2) is 0 Å². The van der Waals surface area contributed by atoms with E-state index in [9.17, 15) is 15.0 Å². The van der Waals surface area contributed by atoms with Gasteiger partial charge in [0.05, 0.1) is 12.2 Å². The predicted molar refractivity (Wildman–Crippen MR) is 62.2 cm³/mol. The van der Waals surface area contributed by atoms with Crippen LogP contribution in [0, 0.1) is 5.92 Å². The number of amides is 1. The quantitative estimate of drug-likeness (QED) is 0.444. The first-order chi connectivity index (χ1) is 8.08. The minimum atomic E-state index is -0.513. The zero-order chi connectivity index (χ0) is 12.4. The van der Waals surface area contributed by atoms with Crippen LogP contribution in [0.4, 0.5) is 0 Å². The average Bonchev–Trinajstić information content (AvgIpc) is 2.51. The third-order valence-corrected chi connectivity index (χ3v) is 3.69. The fourth-order valence-corrected chi connectivity index (χ4v) is 2.46. The molecule has 0 aromatic heterocycles. The van der Waals surface area contributed by atoms with Crippen LogP contribution in [0.1, 0.15) is 12.8 Å². The molecule has 1 heterocycles. The first-order valence-corrected chi connectivity index (χ1v) is 6.18. The number of nitrogens with zero attached hydrogens (tertiary/aromatic N) is 1. The minimum absolute atomic E-state index is 0.0213. The van der Waals surface area contributed by atoms with Gasteiger partial charge in [0.2, 0.25) is 5.91 Å². The Morgan fingerprint density at radius 3 is 2.88 bits per heavy atom. The molecule has 0 aromatic rings. The highest BCUT2D eigenvalue weighted by Gasteiger charge is 2.39. The van der Waals surface area contributed by atoms with Crippen molar-refractivity contribution < 1.29 is 15.0 Å². The SMILES string of the molecule is NC1CC(O)C1CC(=O)N1CCNCC(O)C1. The maximum absolute atomic E-state index is 12.0. The lowest BCUT2D eigenvalue weighted by atomic mass is 9.75. The Bertz CT molecular complexity index is 279. The second-order valence-electron chi connectivity index (χ2n) is 5.03. The summed E-state index contributed by atoms with van der Waals surface area (Å²) < 4.78 is 0. The van der Waals surface area contributed by atoms with Crippen molar-refractivity contribution >= 4 is 5.91 Å². The van der Waals surface area contributed by atoms with Crippen molar-refractivity contribution in [3.8, 4) is 0 Å². The van der Waals surface area contributed by atoms with Gasteiger partial charge in [-0.2, -0.15) is 0 Å². The molecule has 0 aromatic carbocycles. The summed E-state index contributed by atoms with van der Waals surface area (Å²) in [5, 5.41) is 22.2. The summed E-state index contributed by atoms with van der Waals surface area (Å²) in [5.41, 5.74) is 5.76. The molecule has 1 aliphatic heterocycles. The van der Waals surface area contributed by atoms with E-state index in [4.69, 9.17) is 5.73 Å². The van der Waals surface area contributed by atoms with E-state index in [-0.39, 0.29) is 24.3 Å². The molecule has 2 aliphatic rings. The van der Waals surface area contributed by atoms with Crippen LogP contribution in [-0.2, 0) is 4.79 Å². The normalized spacial score (nSPS) is 38.4. The van der Waals surface area contributed by atoms with Gasteiger partial charge in [-0.05, 0) is 6.42 Å². The molecule has 5 N–H and O–H groups in total. The van der Waals surface area contributed by atoms with Crippen LogP contribution in [0.15, 0.2) is 0 Å². The lowest BCUT2D eigenvalue weighted by Gasteiger charge is -2.39. The average molecular weight is 243 g/mol. The molecule has 0 spiro atoms. The summed E-state index contributed by atoms with van der Waals surface area (Å²) in [6, 6.07) is -0.0658. The van der Waals surface area contributed by atoms with Gasteiger partial charge >= 0.3 is 0 Å². The molecule has 2 fully saturated rings. The van der Waals surface area contributed by atoms with Crippen molar-refractivity contribution in [2.24, 2.45) is 11.7 Å². The first-order valence-electron chi connectivity index (χ1n) is 6.18. The van der Waals surface area contributed by atoms with Crippen molar-refractivity contribution in [2.45, 2.75) is 31.1 Å². The molecule has 1 saturated carbocycles. The number of aliphatic hydroxyl groups excluding tert-OH is 2. The molecule has 1 amide bonds. The molecule has 4 unspecified atom stereocenters. The zero-order valence-electron chi connectivity index (χ0n) is 9.88. The standard InChI is InChI=1S/C11H21N3O3/c12-9-4-10(16)8(9)3-11(17)14-2-1-13-5-7(15)6-14/h7-10,13,15-16H,1-6,12H2. The fourth-order valence-electron chi connectivity index (χ4n) is 2.46. The van der Waals surface area contributed by atoms with Gasteiger partial charge in [0.25, 0.3) is 0 Å². The number of nitrogens with one attached hydrogen (secondary N) is 1. The third kappa shape index (κ3) is 2.95. The Morgan fingerprint density at radius 2 is 2.24 bits per heavy atom. The summed E-state index contributed by atoms with van der Waals surface area (Å²) >= 11 is 0. The van der Waals surface area contributed by atoms with E-state index in [1.54, 1.807) is 4.90 Å². The molecule has 98 valence electrons. The number of hydrogen-bond acceptors (Lipinski definition) is 5. The molecule has 6 heteroatoms. The van der Waals surface area contributed by atoms with Gasteiger partial charge in [-0.15, -0.1) is 0 Å². The fraction of sp³-hybridized carbons (Fsp3) is 0.909. The van der Waals surface area contributed by atoms with Gasteiger partial charge in [-0.3, -0.25) is 4.79 Å². The van der Waals surface area contributed by atoms with Crippen molar-refractivity contribution in [3.63, 3.8) is 0 Å². The monoisotopic (exact) mass is 243 g/mol. The molecule has 0 radical (unpaired) electrons. The summed E-state index contributed by atoms with van der Waals surface area (Å²) in [5.74, 6) is -0.136. The van der Waals surface area contributed by atoms with Crippen LogP contribution in [0.3, 0.4) is 0 Å². The Hall–Kier alpha value is -0.690. The van der Waals surface area contributed by atoms with E-state index in [2.05, 4.69) is 5.32 Å². The molecule has 6 nitrogen and oxygen atoms in total. The maximum atomic E-state index is 12.0. The summed E-state index contributed by atoms with van der Waals surface area (Å²) in [6.45, 7) is 2.19. The highest BCUT2D eigenvalue weighted by molar-refractivity contribution is 5.76. The van der Waals surface area contributed by atoms with E-state index in [1.165, 1.54) is 0 Å². The Morgan fingerprint density at radius 1 is 1.47 bits per heavy atom. The third-order valence-electron chi connectivity index (χ3n) is 3.69. The number of β-amino-alcohol motifs (C(OH)–C–C–N with tert-alkyl or cyclic N) is 1. The Kier molecular flexibility index (Phi) is 3.98. The van der Waals surface area contributed by atoms with Gasteiger partial charge in [0.15, 0.2) is 0 Å². The van der Waals surface area contributed by atoms with Crippen molar-refractivity contribution in [1.82, 2.24) is 10.2 Å². The van der Waals surface area contributed by atoms with Gasteiger partial charge in [0.1, 0.15) is 0 Å². The maximum Gasteiger partial charge on any atom is 0.223 e. The van der Waals surface area contributed by atoms with Crippen LogP contribution in [0.25, 0.3) is 0 Å². The summed E-state index contributed by atoms with van der Waals surface area (Å²) in [7, 11) is 0. The van der Waals surface area contributed by atoms with Crippen LogP contribution < -0.4 is 11.1 Å². The van der Waals surface area contributed by atoms with E-state index >= 15 is 0 Å². The predicted octanol–water partition coefficient (Wildman–Crippen LogP) is -2.12. The van der Waals surface area contributed by atoms with E-state index in [0.29, 0.717) is 32.6 Å². The summed E-state index contributed by atoms with van der Waals surface area (Å²) in [4.78, 5) is 13.7. The van der Waals surface area contributed by atoms with Gasteiger partial charge in [0, 0.05) is 44.6 Å². The smallest absolute Gasteiger partial charge is 0.223 e. The van der Waals surface area contributed by atoms with Crippen molar-refractivity contribution in [3.05, 3.63) is 0 Å². The van der Waals surface area contributed by atoms with Crippen molar-refractivity contribution in [1.29, 1.82) is 0 Å². The van der Waals surface area contributed by atoms with Crippen LogP contribution >= 0.6 is 0 Å². The molecule has 1 saturated heterocycles. The number of rotatable bonds is 2.